The molecule has 6 nitrogen and oxygen atoms in total. The van der Waals surface area contributed by atoms with Gasteiger partial charge in [0.1, 0.15) is 5.75 Å². The van der Waals surface area contributed by atoms with Gasteiger partial charge in [0, 0.05) is 23.9 Å². The highest BCUT2D eigenvalue weighted by molar-refractivity contribution is 9.09. The van der Waals surface area contributed by atoms with E-state index < -0.39 is 4.92 Å². The number of nitrogens with zero attached hydrogens (tertiary/aromatic N) is 1. The minimum atomic E-state index is -0.583. The van der Waals surface area contributed by atoms with E-state index in [1.165, 1.54) is 12.1 Å². The van der Waals surface area contributed by atoms with Crippen LogP contribution in [-0.4, -0.2) is 21.3 Å². The second kappa shape index (κ2) is 6.95. The Balaban J connectivity index is 2.68. The summed E-state index contributed by atoms with van der Waals surface area (Å²) in [6, 6.07) is 3.50. The quantitative estimate of drug-likeness (QED) is 0.277. The van der Waals surface area contributed by atoms with Crippen LogP contribution in [0.25, 0.3) is 0 Å². The Morgan fingerprint density at radius 3 is 2.78 bits per heavy atom. The van der Waals surface area contributed by atoms with E-state index in [2.05, 4.69) is 21.2 Å². The topological polar surface area (TPSA) is 92.5 Å². The zero-order chi connectivity index (χ0) is 13.5. The van der Waals surface area contributed by atoms with E-state index in [-0.39, 0.29) is 23.0 Å². The fraction of sp³-hybridized carbons (Fsp3) is 0.364. The molecule has 0 heterocycles. The number of carbonyl (C=O) groups excluding carboxylic acids is 1. The Morgan fingerprint density at radius 2 is 2.17 bits per heavy atom. The predicted molar refractivity (Wildman–Crippen MR) is 71.0 cm³/mol. The molecule has 0 unspecified atom stereocenters. The summed E-state index contributed by atoms with van der Waals surface area (Å²) in [7, 11) is 0. The maximum absolute atomic E-state index is 11.5. The van der Waals surface area contributed by atoms with E-state index in [0.717, 1.165) is 17.8 Å². The summed E-state index contributed by atoms with van der Waals surface area (Å²) < 4.78 is 0. The smallest absolute Gasteiger partial charge is 0.271 e. The monoisotopic (exact) mass is 316 g/mol. The lowest BCUT2D eigenvalue weighted by Crippen LogP contribution is -2.11. The number of rotatable bonds is 6. The Kier molecular flexibility index (Phi) is 5.57. The van der Waals surface area contributed by atoms with Crippen molar-refractivity contribution in [1.29, 1.82) is 0 Å². The van der Waals surface area contributed by atoms with Gasteiger partial charge in [-0.05, 0) is 18.9 Å². The number of aromatic hydroxyl groups is 1. The van der Waals surface area contributed by atoms with Crippen molar-refractivity contribution in [2.24, 2.45) is 0 Å². The number of anilines is 1. The van der Waals surface area contributed by atoms with Crippen molar-refractivity contribution < 1.29 is 14.8 Å². The summed E-state index contributed by atoms with van der Waals surface area (Å²) in [5, 5.41) is 23.3. The molecule has 0 radical (unpaired) electrons. The third-order valence-electron chi connectivity index (χ3n) is 2.25. The second-order valence-electron chi connectivity index (χ2n) is 3.65. The molecule has 0 aliphatic heterocycles. The Hall–Kier alpha value is -1.63. The molecule has 0 atom stereocenters. The Bertz CT molecular complexity index is 451. The maximum atomic E-state index is 11.5. The summed E-state index contributed by atoms with van der Waals surface area (Å²) >= 11 is 3.26. The molecule has 18 heavy (non-hydrogen) atoms. The van der Waals surface area contributed by atoms with Gasteiger partial charge >= 0.3 is 0 Å². The molecule has 1 aromatic carbocycles. The van der Waals surface area contributed by atoms with Crippen LogP contribution < -0.4 is 5.32 Å². The van der Waals surface area contributed by atoms with Crippen molar-refractivity contribution in [3.05, 3.63) is 28.3 Å². The van der Waals surface area contributed by atoms with Crippen LogP contribution in [0.4, 0.5) is 11.4 Å². The van der Waals surface area contributed by atoms with Gasteiger partial charge in [0.25, 0.3) is 5.69 Å². The number of nitro groups is 1. The number of halogens is 1. The number of hydrogen-bond acceptors (Lipinski definition) is 4. The number of phenolic OH excluding ortho intramolecular Hbond substituents is 1. The van der Waals surface area contributed by atoms with Crippen molar-refractivity contribution in [1.82, 2.24) is 0 Å². The Labute approximate surface area is 112 Å². The van der Waals surface area contributed by atoms with E-state index in [1.807, 2.05) is 0 Å². The average molecular weight is 317 g/mol. The molecule has 0 aromatic heterocycles. The maximum Gasteiger partial charge on any atom is 0.271 e. The van der Waals surface area contributed by atoms with Gasteiger partial charge in [-0.25, -0.2) is 0 Å². The van der Waals surface area contributed by atoms with E-state index in [1.54, 1.807) is 0 Å². The second-order valence-corrected chi connectivity index (χ2v) is 4.45. The molecule has 98 valence electrons. The van der Waals surface area contributed by atoms with Crippen LogP contribution in [0.1, 0.15) is 19.3 Å². The van der Waals surface area contributed by atoms with Crippen molar-refractivity contribution in [2.45, 2.75) is 19.3 Å². The number of amides is 1. The molecule has 1 amide bonds. The first-order valence-corrected chi connectivity index (χ1v) is 6.50. The molecule has 1 rings (SSSR count). The van der Waals surface area contributed by atoms with Crippen LogP contribution in [0.2, 0.25) is 0 Å². The summed E-state index contributed by atoms with van der Waals surface area (Å²) in [5.41, 5.74) is -0.114. The zero-order valence-corrected chi connectivity index (χ0v) is 11.1. The fourth-order valence-corrected chi connectivity index (χ4v) is 1.73. The number of phenols is 1. The minimum absolute atomic E-state index is 0.0630. The van der Waals surface area contributed by atoms with Gasteiger partial charge in [-0.15, -0.1) is 0 Å². The lowest BCUT2D eigenvalue weighted by Gasteiger charge is -2.06. The normalized spacial score (nSPS) is 10.1. The van der Waals surface area contributed by atoms with E-state index in [4.69, 9.17) is 0 Å². The first-order chi connectivity index (χ1) is 8.54. The average Bonchev–Trinajstić information content (AvgIpc) is 2.32. The molecule has 0 aliphatic carbocycles. The Morgan fingerprint density at radius 1 is 1.44 bits per heavy atom. The lowest BCUT2D eigenvalue weighted by atomic mass is 10.2. The van der Waals surface area contributed by atoms with E-state index in [9.17, 15) is 20.0 Å². The van der Waals surface area contributed by atoms with Gasteiger partial charge in [-0.2, -0.15) is 0 Å². The van der Waals surface area contributed by atoms with Crippen LogP contribution in [0.3, 0.4) is 0 Å². The SMILES string of the molecule is O=C(CCCCBr)Nc1cc([N+](=O)[O-])ccc1O. The highest BCUT2D eigenvalue weighted by atomic mass is 79.9. The number of benzene rings is 1. The number of carbonyl (C=O) groups is 1. The molecular weight excluding hydrogens is 304 g/mol. The molecule has 0 bridgehead atoms. The molecule has 7 heteroatoms. The van der Waals surface area contributed by atoms with Crippen LogP contribution in [0.15, 0.2) is 18.2 Å². The number of non-ortho nitro benzene ring substituents is 1. The van der Waals surface area contributed by atoms with Crippen LogP contribution in [-0.2, 0) is 4.79 Å². The first kappa shape index (κ1) is 14.4. The standard InChI is InChI=1S/C11H13BrN2O4/c12-6-2-1-3-11(16)13-9-7-8(14(17)18)4-5-10(9)15/h4-5,7,15H,1-3,6H2,(H,13,16). The van der Waals surface area contributed by atoms with Crippen LogP contribution in [0.5, 0.6) is 5.75 Å². The summed E-state index contributed by atoms with van der Waals surface area (Å²) in [4.78, 5) is 21.5. The van der Waals surface area contributed by atoms with Crippen molar-refractivity contribution in [2.75, 3.05) is 10.6 Å². The molecule has 0 spiro atoms. The zero-order valence-electron chi connectivity index (χ0n) is 9.56. The highest BCUT2D eigenvalue weighted by Gasteiger charge is 2.12. The molecule has 0 saturated carbocycles. The van der Waals surface area contributed by atoms with E-state index in [0.29, 0.717) is 12.8 Å². The molecule has 0 saturated heterocycles. The van der Waals surface area contributed by atoms with Gasteiger partial charge in [0.15, 0.2) is 0 Å². The number of hydrogen-bond donors (Lipinski definition) is 2. The number of nitrogens with one attached hydrogen (secondary N) is 1. The van der Waals surface area contributed by atoms with Gasteiger partial charge in [0.2, 0.25) is 5.91 Å². The first-order valence-electron chi connectivity index (χ1n) is 5.38. The molecule has 0 fully saturated rings. The van der Waals surface area contributed by atoms with Gasteiger partial charge in [0.05, 0.1) is 10.6 Å². The van der Waals surface area contributed by atoms with Gasteiger partial charge in [-0.1, -0.05) is 15.9 Å². The largest absolute Gasteiger partial charge is 0.506 e. The number of alkyl halides is 1. The molecule has 1 aromatic rings. The van der Waals surface area contributed by atoms with Crippen LogP contribution in [0, 0.1) is 10.1 Å². The highest BCUT2D eigenvalue weighted by Crippen LogP contribution is 2.27. The third kappa shape index (κ3) is 4.33. The predicted octanol–water partition coefficient (Wildman–Crippen LogP) is 2.80. The lowest BCUT2D eigenvalue weighted by molar-refractivity contribution is -0.384. The summed E-state index contributed by atoms with van der Waals surface area (Å²) in [6.45, 7) is 0. The van der Waals surface area contributed by atoms with Gasteiger partial charge in [-0.3, -0.25) is 14.9 Å². The molecule has 2 N–H and O–H groups in total. The van der Waals surface area contributed by atoms with E-state index >= 15 is 0 Å². The number of nitro benzene ring substituents is 1. The molecular formula is C11H13BrN2O4. The van der Waals surface area contributed by atoms with Crippen molar-refractivity contribution in [3.8, 4) is 5.75 Å². The fourth-order valence-electron chi connectivity index (χ4n) is 1.33. The summed E-state index contributed by atoms with van der Waals surface area (Å²) in [6.07, 6.45) is 1.90. The van der Waals surface area contributed by atoms with Gasteiger partial charge < -0.3 is 10.4 Å². The molecule has 0 aliphatic rings. The van der Waals surface area contributed by atoms with Crippen LogP contribution >= 0.6 is 15.9 Å². The van der Waals surface area contributed by atoms with Crippen molar-refractivity contribution >= 4 is 33.2 Å². The third-order valence-corrected chi connectivity index (χ3v) is 2.81. The minimum Gasteiger partial charge on any atom is -0.506 e. The van der Waals surface area contributed by atoms with Crippen molar-refractivity contribution in [3.63, 3.8) is 0 Å². The number of unbranched alkanes of at least 4 members (excludes halogenated alkanes) is 1. The summed E-state index contributed by atoms with van der Waals surface area (Å²) in [5.74, 6) is -0.457.